The Morgan fingerprint density at radius 1 is 1.24 bits per heavy atom. The molecule has 118 valence electrons. The average Bonchev–Trinajstić information content (AvgIpc) is 2.36. The van der Waals surface area contributed by atoms with Crippen LogP contribution in [0, 0.1) is 0 Å². The summed E-state index contributed by atoms with van der Waals surface area (Å²) in [4.78, 5) is 9.08. The van der Waals surface area contributed by atoms with Crippen molar-refractivity contribution >= 4 is 26.5 Å². The van der Waals surface area contributed by atoms with Crippen LogP contribution in [0.5, 0.6) is 0 Å². The van der Waals surface area contributed by atoms with Crippen LogP contribution in [0.15, 0.2) is 28.0 Å². The Kier molecular flexibility index (Phi) is 5.62. The maximum atomic E-state index is 12.1. The highest BCUT2D eigenvalue weighted by Crippen LogP contribution is 2.25. The Bertz CT molecular complexity index is 720. The van der Waals surface area contributed by atoms with Gasteiger partial charge in [0, 0.05) is 5.56 Å². The minimum atomic E-state index is -4.82. The van der Waals surface area contributed by atoms with Crippen molar-refractivity contribution in [1.82, 2.24) is 0 Å². The second-order valence-corrected chi connectivity index (χ2v) is 7.38. The second kappa shape index (κ2) is 6.65. The van der Waals surface area contributed by atoms with Gasteiger partial charge >= 0.3 is 0 Å². The molecular formula is C12H16O7S2. The summed E-state index contributed by atoms with van der Waals surface area (Å²) < 4.78 is 60.8. The highest BCUT2D eigenvalue weighted by atomic mass is 32.2. The lowest BCUT2D eigenvalue weighted by molar-refractivity contribution is 0.112. The molecule has 7 nitrogen and oxygen atoms in total. The van der Waals surface area contributed by atoms with E-state index in [0.717, 1.165) is 18.2 Å². The number of hydrogen-bond acceptors (Lipinski definition) is 6. The van der Waals surface area contributed by atoms with Gasteiger partial charge in [-0.1, -0.05) is 19.4 Å². The summed E-state index contributed by atoms with van der Waals surface area (Å²) in [6.45, 7) is 3.38. The van der Waals surface area contributed by atoms with E-state index in [4.69, 9.17) is 8.74 Å². The molecular weight excluding hydrogens is 320 g/mol. The Morgan fingerprint density at radius 3 is 2.33 bits per heavy atom. The molecule has 0 saturated carbocycles. The van der Waals surface area contributed by atoms with E-state index >= 15 is 0 Å². The van der Waals surface area contributed by atoms with E-state index in [1.807, 2.05) is 6.92 Å². The number of benzene rings is 1. The van der Waals surface area contributed by atoms with Crippen molar-refractivity contribution in [3.63, 3.8) is 0 Å². The van der Waals surface area contributed by atoms with Crippen LogP contribution < -0.4 is 0 Å². The fraction of sp³-hybridized carbons (Fsp3) is 0.417. The van der Waals surface area contributed by atoms with Gasteiger partial charge in [-0.25, -0.2) is 0 Å². The summed E-state index contributed by atoms with van der Waals surface area (Å²) in [6, 6.07) is 2.83. The zero-order valence-corrected chi connectivity index (χ0v) is 13.1. The van der Waals surface area contributed by atoms with E-state index in [2.05, 4.69) is 0 Å². The van der Waals surface area contributed by atoms with Gasteiger partial charge in [0.2, 0.25) is 0 Å². The third kappa shape index (κ3) is 4.60. The molecule has 1 atom stereocenters. The van der Waals surface area contributed by atoms with Crippen molar-refractivity contribution in [3.8, 4) is 0 Å². The van der Waals surface area contributed by atoms with Crippen LogP contribution >= 0.6 is 0 Å². The summed E-state index contributed by atoms with van der Waals surface area (Å²) in [6.07, 6.45) is 0.852. The summed E-state index contributed by atoms with van der Waals surface area (Å²) >= 11 is 0. The van der Waals surface area contributed by atoms with Crippen molar-refractivity contribution in [3.05, 3.63) is 23.8 Å². The van der Waals surface area contributed by atoms with Crippen LogP contribution in [-0.2, 0) is 24.4 Å². The van der Waals surface area contributed by atoms with E-state index in [-0.39, 0.29) is 5.56 Å². The molecule has 0 saturated heterocycles. The Balaban J connectivity index is 3.39. The maximum Gasteiger partial charge on any atom is 0.298 e. The predicted molar refractivity (Wildman–Crippen MR) is 74.3 cm³/mol. The number of aldehydes is 1. The van der Waals surface area contributed by atoms with E-state index in [0.29, 0.717) is 19.1 Å². The SMILES string of the molecule is CCCC(C)OS(=O)(=O)c1ccc(C=O)cc1S(=O)(=O)O. The van der Waals surface area contributed by atoms with Crippen LogP contribution in [0.2, 0.25) is 0 Å². The quantitative estimate of drug-likeness (QED) is 0.457. The van der Waals surface area contributed by atoms with Gasteiger partial charge in [0.25, 0.3) is 20.2 Å². The number of rotatable bonds is 7. The van der Waals surface area contributed by atoms with Gasteiger partial charge < -0.3 is 0 Å². The molecule has 0 amide bonds. The lowest BCUT2D eigenvalue weighted by atomic mass is 10.2. The molecule has 1 aromatic rings. The molecule has 0 aromatic heterocycles. The molecule has 0 aliphatic carbocycles. The van der Waals surface area contributed by atoms with Gasteiger partial charge in [-0.05, 0) is 25.5 Å². The summed E-state index contributed by atoms with van der Waals surface area (Å²) in [5.41, 5.74) is -0.0804. The topological polar surface area (TPSA) is 115 Å². The van der Waals surface area contributed by atoms with E-state index < -0.39 is 36.1 Å². The van der Waals surface area contributed by atoms with Gasteiger partial charge in [-0.2, -0.15) is 16.8 Å². The zero-order valence-electron chi connectivity index (χ0n) is 11.5. The molecule has 9 heteroatoms. The standard InChI is InChI=1S/C12H16O7S2/c1-3-4-9(2)19-21(17,18)11-6-5-10(8-13)7-12(11)20(14,15)16/h5-9H,3-4H2,1-2H3,(H,14,15,16). The molecule has 1 rings (SSSR count). The first kappa shape index (κ1) is 17.8. The van der Waals surface area contributed by atoms with E-state index in [1.54, 1.807) is 0 Å². The summed E-state index contributed by atoms with van der Waals surface area (Å²) in [5, 5.41) is 0. The van der Waals surface area contributed by atoms with Crippen molar-refractivity contribution in [2.45, 2.75) is 42.6 Å². The highest BCUT2D eigenvalue weighted by Gasteiger charge is 2.28. The molecule has 1 N–H and O–H groups in total. The fourth-order valence-electron chi connectivity index (χ4n) is 1.73. The maximum absolute atomic E-state index is 12.1. The third-order valence-corrected chi connectivity index (χ3v) is 5.14. The molecule has 0 heterocycles. The minimum Gasteiger partial charge on any atom is -0.298 e. The lowest BCUT2D eigenvalue weighted by Gasteiger charge is -2.14. The molecule has 21 heavy (non-hydrogen) atoms. The monoisotopic (exact) mass is 336 g/mol. The van der Waals surface area contributed by atoms with E-state index in [1.165, 1.54) is 6.92 Å². The van der Waals surface area contributed by atoms with Crippen LogP contribution in [-0.4, -0.2) is 33.8 Å². The molecule has 0 bridgehead atoms. The predicted octanol–water partition coefficient (Wildman–Crippen LogP) is 1.64. The van der Waals surface area contributed by atoms with Crippen molar-refractivity contribution < 1.29 is 30.4 Å². The normalized spacial score (nSPS) is 13.9. The summed E-state index contributed by atoms with van der Waals surface area (Å²) in [7, 11) is -9.19. The molecule has 0 spiro atoms. The molecule has 0 fully saturated rings. The summed E-state index contributed by atoms with van der Waals surface area (Å²) in [5.74, 6) is 0. The van der Waals surface area contributed by atoms with Gasteiger partial charge in [-0.3, -0.25) is 13.5 Å². The molecule has 1 unspecified atom stereocenters. The molecule has 0 radical (unpaired) electrons. The van der Waals surface area contributed by atoms with Gasteiger partial charge in [-0.15, -0.1) is 0 Å². The molecule has 0 aliphatic rings. The Hall–Kier alpha value is -1.29. The van der Waals surface area contributed by atoms with Crippen LogP contribution in [0.25, 0.3) is 0 Å². The zero-order chi connectivity index (χ0) is 16.3. The highest BCUT2D eigenvalue weighted by molar-refractivity contribution is 7.89. The fourth-order valence-corrected chi connectivity index (χ4v) is 4.13. The first-order valence-corrected chi connectivity index (χ1v) is 8.96. The first-order chi connectivity index (χ1) is 9.61. The van der Waals surface area contributed by atoms with Crippen LogP contribution in [0.1, 0.15) is 37.0 Å². The van der Waals surface area contributed by atoms with Gasteiger partial charge in [0.1, 0.15) is 16.1 Å². The van der Waals surface area contributed by atoms with Crippen LogP contribution in [0.3, 0.4) is 0 Å². The number of carbonyl (C=O) groups is 1. The third-order valence-electron chi connectivity index (χ3n) is 2.64. The largest absolute Gasteiger partial charge is 0.298 e. The molecule has 0 aliphatic heterocycles. The average molecular weight is 336 g/mol. The van der Waals surface area contributed by atoms with E-state index in [9.17, 15) is 21.6 Å². The van der Waals surface area contributed by atoms with Gasteiger partial charge in [0.05, 0.1) is 6.10 Å². The lowest BCUT2D eigenvalue weighted by Crippen LogP contribution is -2.18. The second-order valence-electron chi connectivity index (χ2n) is 4.45. The van der Waals surface area contributed by atoms with Crippen molar-refractivity contribution in [1.29, 1.82) is 0 Å². The van der Waals surface area contributed by atoms with Gasteiger partial charge in [0.15, 0.2) is 0 Å². The van der Waals surface area contributed by atoms with Crippen molar-refractivity contribution in [2.75, 3.05) is 0 Å². The molecule has 1 aromatic carbocycles. The van der Waals surface area contributed by atoms with Crippen LogP contribution in [0.4, 0.5) is 0 Å². The minimum absolute atomic E-state index is 0.0804. The Morgan fingerprint density at radius 2 is 1.86 bits per heavy atom. The smallest absolute Gasteiger partial charge is 0.298 e. The number of carbonyl (C=O) groups excluding carboxylic acids is 1. The Labute approximate surface area is 123 Å². The van der Waals surface area contributed by atoms with Crippen molar-refractivity contribution in [2.24, 2.45) is 0 Å². The first-order valence-electron chi connectivity index (χ1n) is 6.11. The number of hydrogen-bond donors (Lipinski definition) is 1.